The van der Waals surface area contributed by atoms with Crippen molar-refractivity contribution in [2.45, 2.75) is 16.3 Å². The van der Waals surface area contributed by atoms with Gasteiger partial charge in [0.2, 0.25) is 10.0 Å². The van der Waals surface area contributed by atoms with Crippen molar-refractivity contribution in [1.82, 2.24) is 4.72 Å². The fourth-order valence-corrected chi connectivity index (χ4v) is 4.89. The van der Waals surface area contributed by atoms with Crippen LogP contribution in [0.1, 0.15) is 22.0 Å². The van der Waals surface area contributed by atoms with Gasteiger partial charge < -0.3 is 0 Å². The van der Waals surface area contributed by atoms with E-state index in [4.69, 9.17) is 23.2 Å². The second-order valence-electron chi connectivity index (χ2n) is 6.51. The van der Waals surface area contributed by atoms with Crippen LogP contribution in [-0.2, 0) is 10.0 Å². The molecule has 0 unspecified atom stereocenters. The first kappa shape index (κ1) is 22.9. The summed E-state index contributed by atoms with van der Waals surface area (Å²) in [6.07, 6.45) is 0. The Labute approximate surface area is 188 Å². The standard InChI is InChI=1S/C21H16Cl2N2O5S/c22-16-12-10-14(11-13-16)20(19(23)21(26)15-6-2-1-3-7-15)24-31(29,30)18-9-5-4-8-17(18)25(27)28/h1-13,19-20,24H/t19-,20-/m0/s1. The average molecular weight is 479 g/mol. The van der Waals surface area contributed by atoms with E-state index in [0.717, 1.165) is 12.1 Å². The molecule has 0 heterocycles. The van der Waals surface area contributed by atoms with E-state index in [1.54, 1.807) is 30.3 Å². The van der Waals surface area contributed by atoms with Crippen LogP contribution in [0.3, 0.4) is 0 Å². The smallest absolute Gasteiger partial charge is 0.289 e. The predicted octanol–water partition coefficient (Wildman–Crippen LogP) is 4.76. The summed E-state index contributed by atoms with van der Waals surface area (Å²) < 4.78 is 28.5. The second-order valence-corrected chi connectivity index (χ2v) is 9.10. The van der Waals surface area contributed by atoms with Gasteiger partial charge in [0.15, 0.2) is 10.7 Å². The van der Waals surface area contributed by atoms with Crippen LogP contribution in [0.2, 0.25) is 5.02 Å². The van der Waals surface area contributed by atoms with Gasteiger partial charge in [0.05, 0.1) is 11.0 Å². The number of sulfonamides is 1. The van der Waals surface area contributed by atoms with Gasteiger partial charge in [-0.2, -0.15) is 0 Å². The van der Waals surface area contributed by atoms with E-state index in [1.165, 1.54) is 36.4 Å². The number of carbonyl (C=O) groups excluding carboxylic acids is 1. The Kier molecular flexibility index (Phi) is 7.07. The minimum atomic E-state index is -4.42. The zero-order valence-corrected chi connectivity index (χ0v) is 18.1. The van der Waals surface area contributed by atoms with Crippen LogP contribution in [0.15, 0.2) is 83.8 Å². The molecule has 0 aliphatic heterocycles. The van der Waals surface area contributed by atoms with Crippen molar-refractivity contribution in [3.8, 4) is 0 Å². The number of Topliss-reactive ketones (excluding diaryl/α,β-unsaturated/α-hetero) is 1. The molecule has 2 atom stereocenters. The monoisotopic (exact) mass is 478 g/mol. The van der Waals surface area contributed by atoms with Gasteiger partial charge in [-0.25, -0.2) is 13.1 Å². The summed E-state index contributed by atoms with van der Waals surface area (Å²) >= 11 is 12.4. The highest BCUT2D eigenvalue weighted by atomic mass is 35.5. The summed E-state index contributed by atoms with van der Waals surface area (Å²) in [6.45, 7) is 0. The molecule has 160 valence electrons. The van der Waals surface area contributed by atoms with Crippen LogP contribution >= 0.6 is 23.2 Å². The highest BCUT2D eigenvalue weighted by Gasteiger charge is 2.34. The molecule has 0 saturated heterocycles. The molecule has 0 amide bonds. The van der Waals surface area contributed by atoms with Gasteiger partial charge in [-0.3, -0.25) is 14.9 Å². The van der Waals surface area contributed by atoms with Gasteiger partial charge in [0.1, 0.15) is 5.38 Å². The molecule has 3 rings (SSSR count). The van der Waals surface area contributed by atoms with Gasteiger partial charge in [0, 0.05) is 16.7 Å². The molecule has 1 N–H and O–H groups in total. The number of alkyl halides is 1. The van der Waals surface area contributed by atoms with Crippen molar-refractivity contribution in [1.29, 1.82) is 0 Å². The number of hydrogen-bond acceptors (Lipinski definition) is 5. The number of nitrogens with zero attached hydrogens (tertiary/aromatic N) is 1. The number of carbonyl (C=O) groups is 1. The SMILES string of the molecule is O=C(c1ccccc1)[C@@H](Cl)[C@@H](NS(=O)(=O)c1ccccc1[N+](=O)[O-])c1ccc(Cl)cc1. The topological polar surface area (TPSA) is 106 Å². The zero-order chi connectivity index (χ0) is 22.6. The molecule has 0 aliphatic carbocycles. The third kappa shape index (κ3) is 5.29. The maximum atomic E-state index is 13.1. The van der Waals surface area contributed by atoms with Gasteiger partial charge in [-0.05, 0) is 23.8 Å². The Morgan fingerprint density at radius 3 is 2.13 bits per heavy atom. The summed E-state index contributed by atoms with van der Waals surface area (Å²) in [7, 11) is -4.42. The molecule has 0 spiro atoms. The molecule has 7 nitrogen and oxygen atoms in total. The Morgan fingerprint density at radius 2 is 1.52 bits per heavy atom. The van der Waals surface area contributed by atoms with E-state index < -0.39 is 42.7 Å². The van der Waals surface area contributed by atoms with Crippen molar-refractivity contribution >= 4 is 44.7 Å². The number of ketones is 1. The van der Waals surface area contributed by atoms with Crippen LogP contribution in [0.25, 0.3) is 0 Å². The van der Waals surface area contributed by atoms with E-state index in [2.05, 4.69) is 4.72 Å². The summed E-state index contributed by atoms with van der Waals surface area (Å²) in [6, 6.07) is 18.0. The Balaban J connectivity index is 2.04. The summed E-state index contributed by atoms with van der Waals surface area (Å²) in [5, 5.41) is 10.4. The van der Waals surface area contributed by atoms with E-state index in [0.29, 0.717) is 16.1 Å². The van der Waals surface area contributed by atoms with E-state index >= 15 is 0 Å². The lowest BCUT2D eigenvalue weighted by Crippen LogP contribution is -2.38. The van der Waals surface area contributed by atoms with Gasteiger partial charge in [-0.1, -0.05) is 66.2 Å². The lowest BCUT2D eigenvalue weighted by Gasteiger charge is -2.23. The van der Waals surface area contributed by atoms with Gasteiger partial charge in [0.25, 0.3) is 5.69 Å². The fraction of sp³-hybridized carbons (Fsp3) is 0.0952. The lowest BCUT2D eigenvalue weighted by molar-refractivity contribution is -0.387. The number of benzene rings is 3. The number of nitro benzene ring substituents is 1. The molecule has 10 heteroatoms. The maximum absolute atomic E-state index is 13.1. The predicted molar refractivity (Wildman–Crippen MR) is 118 cm³/mol. The lowest BCUT2D eigenvalue weighted by atomic mass is 9.98. The first-order chi connectivity index (χ1) is 14.7. The fourth-order valence-electron chi connectivity index (χ4n) is 2.95. The summed E-state index contributed by atoms with van der Waals surface area (Å²) in [5.41, 5.74) is 0.0764. The third-order valence-electron chi connectivity index (χ3n) is 4.46. The number of hydrogen-bond donors (Lipinski definition) is 1. The first-order valence-electron chi connectivity index (χ1n) is 8.95. The van der Waals surface area contributed by atoms with Crippen molar-refractivity contribution in [2.24, 2.45) is 0 Å². The Morgan fingerprint density at radius 1 is 0.935 bits per heavy atom. The molecule has 3 aromatic carbocycles. The van der Waals surface area contributed by atoms with Crippen molar-refractivity contribution in [3.05, 3.63) is 105 Å². The first-order valence-corrected chi connectivity index (χ1v) is 11.2. The summed E-state index contributed by atoms with van der Waals surface area (Å²) in [4.78, 5) is 22.9. The number of rotatable bonds is 8. The van der Waals surface area contributed by atoms with Crippen LogP contribution < -0.4 is 4.72 Å². The van der Waals surface area contributed by atoms with Crippen LogP contribution in [0, 0.1) is 10.1 Å². The molecule has 0 fully saturated rings. The van der Waals surface area contributed by atoms with Crippen molar-refractivity contribution in [2.75, 3.05) is 0 Å². The van der Waals surface area contributed by atoms with E-state index in [1.807, 2.05) is 0 Å². The van der Waals surface area contributed by atoms with E-state index in [-0.39, 0.29) is 0 Å². The quantitative estimate of drug-likeness (QED) is 0.217. The van der Waals surface area contributed by atoms with Crippen LogP contribution in [0.4, 0.5) is 5.69 Å². The van der Waals surface area contributed by atoms with E-state index in [9.17, 15) is 23.3 Å². The normalized spacial score (nSPS) is 13.4. The number of nitro groups is 1. The van der Waals surface area contributed by atoms with Crippen LogP contribution in [-0.4, -0.2) is 24.5 Å². The largest absolute Gasteiger partial charge is 0.292 e. The highest BCUT2D eigenvalue weighted by molar-refractivity contribution is 7.89. The molecular weight excluding hydrogens is 463 g/mol. The molecular formula is C21H16Cl2N2O5S. The molecule has 0 radical (unpaired) electrons. The minimum absolute atomic E-state index is 0.298. The number of para-hydroxylation sites is 1. The van der Waals surface area contributed by atoms with Crippen molar-refractivity contribution < 1.29 is 18.1 Å². The molecule has 0 aromatic heterocycles. The highest BCUT2D eigenvalue weighted by Crippen LogP contribution is 2.30. The number of halogens is 2. The second kappa shape index (κ2) is 9.57. The zero-order valence-electron chi connectivity index (χ0n) is 15.8. The van der Waals surface area contributed by atoms with Gasteiger partial charge in [-0.15, -0.1) is 11.6 Å². The number of nitrogens with one attached hydrogen (secondary N) is 1. The summed E-state index contributed by atoms with van der Waals surface area (Å²) in [5.74, 6) is -0.507. The molecule has 0 saturated carbocycles. The Bertz CT molecular complexity index is 1200. The molecule has 31 heavy (non-hydrogen) atoms. The molecule has 3 aromatic rings. The van der Waals surface area contributed by atoms with Crippen molar-refractivity contribution in [3.63, 3.8) is 0 Å². The minimum Gasteiger partial charge on any atom is -0.292 e. The van der Waals surface area contributed by atoms with Gasteiger partial charge >= 0.3 is 0 Å². The third-order valence-corrected chi connectivity index (χ3v) is 6.65. The maximum Gasteiger partial charge on any atom is 0.289 e. The Hall–Kier alpha value is -2.78. The molecule has 0 aliphatic rings. The van der Waals surface area contributed by atoms with Crippen LogP contribution in [0.5, 0.6) is 0 Å². The average Bonchev–Trinajstić information content (AvgIpc) is 2.78. The molecule has 0 bridgehead atoms.